The molecule has 1 aliphatic heterocycles. The Morgan fingerprint density at radius 1 is 1.20 bits per heavy atom. The van der Waals surface area contributed by atoms with Crippen LogP contribution in [0, 0.1) is 5.82 Å². The lowest BCUT2D eigenvalue weighted by molar-refractivity contribution is 0.102. The van der Waals surface area contributed by atoms with Gasteiger partial charge >= 0.3 is 0 Å². The van der Waals surface area contributed by atoms with Crippen molar-refractivity contribution in [2.75, 3.05) is 11.9 Å². The lowest BCUT2D eigenvalue weighted by atomic mass is 10.2. The summed E-state index contributed by atoms with van der Waals surface area (Å²) in [7, 11) is -3.90. The van der Waals surface area contributed by atoms with Gasteiger partial charge in [-0.3, -0.25) is 4.79 Å². The number of halogens is 2. The van der Waals surface area contributed by atoms with Crippen LogP contribution in [0.5, 0.6) is 0 Å². The Kier molecular flexibility index (Phi) is 5.83. The van der Waals surface area contributed by atoms with E-state index in [-0.39, 0.29) is 16.4 Å². The smallest absolute Gasteiger partial charge is 0.286 e. The van der Waals surface area contributed by atoms with Crippen molar-refractivity contribution >= 4 is 44.6 Å². The molecule has 1 amide bonds. The Hall–Kier alpha value is -2.40. The van der Waals surface area contributed by atoms with Gasteiger partial charge in [0.25, 0.3) is 5.91 Å². The molecule has 1 unspecified atom stereocenters. The van der Waals surface area contributed by atoms with E-state index in [1.807, 2.05) is 0 Å². The van der Waals surface area contributed by atoms with E-state index < -0.39 is 27.8 Å². The van der Waals surface area contributed by atoms with Crippen LogP contribution in [0.15, 0.2) is 53.4 Å². The highest BCUT2D eigenvalue weighted by molar-refractivity contribution is 7.89. The molecule has 30 heavy (non-hydrogen) atoms. The molecule has 1 aliphatic rings. The van der Waals surface area contributed by atoms with Crippen LogP contribution in [-0.2, 0) is 10.0 Å². The molecule has 4 rings (SSSR count). The molecule has 156 valence electrons. The van der Waals surface area contributed by atoms with E-state index in [9.17, 15) is 17.6 Å². The Labute approximate surface area is 181 Å². The molecule has 0 saturated carbocycles. The van der Waals surface area contributed by atoms with Gasteiger partial charge in [0.05, 0.1) is 10.9 Å². The van der Waals surface area contributed by atoms with Crippen LogP contribution < -0.4 is 5.32 Å². The second-order valence-corrected chi connectivity index (χ2v) is 9.97. The maximum atomic E-state index is 13.5. The maximum absolute atomic E-state index is 13.5. The average Bonchev–Trinajstić information content (AvgIpc) is 3.39. The van der Waals surface area contributed by atoms with Gasteiger partial charge in [0, 0.05) is 17.3 Å². The van der Waals surface area contributed by atoms with E-state index in [1.165, 1.54) is 22.5 Å². The highest BCUT2D eigenvalue weighted by Gasteiger charge is 2.38. The highest BCUT2D eigenvalue weighted by Crippen LogP contribution is 2.37. The molecule has 1 fully saturated rings. The lowest BCUT2D eigenvalue weighted by Crippen LogP contribution is -2.30. The number of nitrogens with zero attached hydrogens (tertiary/aromatic N) is 3. The quantitative estimate of drug-likeness (QED) is 0.611. The van der Waals surface area contributed by atoms with Gasteiger partial charge in [-0.1, -0.05) is 29.0 Å². The molecule has 3 aromatic rings. The topological polar surface area (TPSA) is 92.3 Å². The molecule has 7 nitrogen and oxygen atoms in total. The van der Waals surface area contributed by atoms with Gasteiger partial charge in [-0.05, 0) is 55.3 Å². The maximum Gasteiger partial charge on any atom is 0.286 e. The summed E-state index contributed by atoms with van der Waals surface area (Å²) in [5.41, 5.74) is 0.553. The molecular formula is C19H16ClFN4O3S2. The van der Waals surface area contributed by atoms with Gasteiger partial charge in [0.2, 0.25) is 15.0 Å². The first kappa shape index (κ1) is 20.9. The number of aromatic nitrogens is 2. The van der Waals surface area contributed by atoms with Crippen molar-refractivity contribution in [3.05, 3.63) is 69.4 Å². The largest absolute Gasteiger partial charge is 0.320 e. The van der Waals surface area contributed by atoms with Gasteiger partial charge in [-0.25, -0.2) is 12.8 Å². The van der Waals surface area contributed by atoms with Crippen LogP contribution in [-0.4, -0.2) is 35.4 Å². The van der Waals surface area contributed by atoms with Crippen molar-refractivity contribution in [2.45, 2.75) is 23.8 Å². The summed E-state index contributed by atoms with van der Waals surface area (Å²) in [6, 6.07) is 11.0. The Balaban J connectivity index is 1.55. The zero-order chi connectivity index (χ0) is 21.3. The van der Waals surface area contributed by atoms with Crippen molar-refractivity contribution < 1.29 is 17.6 Å². The van der Waals surface area contributed by atoms with Crippen molar-refractivity contribution in [2.24, 2.45) is 0 Å². The molecular weight excluding hydrogens is 451 g/mol. The summed E-state index contributed by atoms with van der Waals surface area (Å²) in [5.74, 6) is -1.07. The summed E-state index contributed by atoms with van der Waals surface area (Å²) >= 11 is 6.88. The summed E-state index contributed by atoms with van der Waals surface area (Å²) in [5, 5.41) is 11.8. The monoisotopic (exact) mass is 466 g/mol. The predicted molar refractivity (Wildman–Crippen MR) is 112 cm³/mol. The number of amides is 1. The molecule has 2 heterocycles. The minimum absolute atomic E-state index is 0.111. The Bertz CT molecular complexity index is 1180. The number of nitrogens with one attached hydrogen (secondary N) is 1. The second-order valence-electron chi connectivity index (χ2n) is 6.64. The Morgan fingerprint density at radius 2 is 1.97 bits per heavy atom. The van der Waals surface area contributed by atoms with Crippen LogP contribution in [0.1, 0.15) is 33.7 Å². The standard InChI is InChI=1S/C19H16ClFN4O3S2/c20-12-6-8-14(9-7-12)22-17(26)19-24-23-18(29-19)16-5-2-10-25(16)30(27,28)15-4-1-3-13(21)11-15/h1,3-4,6-9,11,16H,2,5,10H2,(H,22,26). The van der Waals surface area contributed by atoms with E-state index in [4.69, 9.17) is 11.6 Å². The summed E-state index contributed by atoms with van der Waals surface area (Å²) in [4.78, 5) is 12.3. The third kappa shape index (κ3) is 4.22. The Morgan fingerprint density at radius 3 is 2.70 bits per heavy atom. The molecule has 1 aromatic heterocycles. The van der Waals surface area contributed by atoms with Gasteiger partial charge < -0.3 is 5.32 Å². The van der Waals surface area contributed by atoms with Crippen molar-refractivity contribution in [3.8, 4) is 0 Å². The summed E-state index contributed by atoms with van der Waals surface area (Å²) in [6.07, 6.45) is 1.17. The summed E-state index contributed by atoms with van der Waals surface area (Å²) in [6.45, 7) is 0.287. The molecule has 11 heteroatoms. The van der Waals surface area contributed by atoms with E-state index in [0.29, 0.717) is 28.6 Å². The van der Waals surface area contributed by atoms with Gasteiger partial charge in [-0.2, -0.15) is 4.31 Å². The second kappa shape index (κ2) is 8.38. The van der Waals surface area contributed by atoms with Crippen LogP contribution in [0.3, 0.4) is 0 Å². The molecule has 1 N–H and O–H groups in total. The lowest BCUT2D eigenvalue weighted by Gasteiger charge is -2.22. The molecule has 0 radical (unpaired) electrons. The first-order valence-corrected chi connectivity index (χ1v) is 11.7. The van der Waals surface area contributed by atoms with Crippen molar-refractivity contribution in [1.82, 2.24) is 14.5 Å². The van der Waals surface area contributed by atoms with Gasteiger partial charge in [0.1, 0.15) is 10.8 Å². The highest BCUT2D eigenvalue weighted by atomic mass is 35.5. The fraction of sp³-hybridized carbons (Fsp3) is 0.211. The first-order chi connectivity index (χ1) is 14.3. The molecule has 0 spiro atoms. The van der Waals surface area contributed by atoms with E-state index in [1.54, 1.807) is 24.3 Å². The number of sulfonamides is 1. The minimum atomic E-state index is -3.90. The van der Waals surface area contributed by atoms with Gasteiger partial charge in [-0.15, -0.1) is 10.2 Å². The molecule has 0 bridgehead atoms. The fourth-order valence-corrected chi connectivity index (χ4v) is 5.99. The number of carbonyl (C=O) groups excluding carboxylic acids is 1. The minimum Gasteiger partial charge on any atom is -0.320 e. The number of anilines is 1. The van der Waals surface area contributed by atoms with Crippen LogP contribution in [0.4, 0.5) is 10.1 Å². The molecule has 1 saturated heterocycles. The van der Waals surface area contributed by atoms with E-state index >= 15 is 0 Å². The molecule has 1 atom stereocenters. The summed E-state index contributed by atoms with van der Waals surface area (Å²) < 4.78 is 40.8. The normalized spacial score (nSPS) is 17.2. The van der Waals surface area contributed by atoms with E-state index in [2.05, 4.69) is 15.5 Å². The average molecular weight is 467 g/mol. The van der Waals surface area contributed by atoms with Gasteiger partial charge in [0.15, 0.2) is 0 Å². The number of hydrogen-bond donors (Lipinski definition) is 1. The number of hydrogen-bond acceptors (Lipinski definition) is 6. The third-order valence-electron chi connectivity index (χ3n) is 4.63. The molecule has 0 aliphatic carbocycles. The predicted octanol–water partition coefficient (Wildman–Crippen LogP) is 4.11. The van der Waals surface area contributed by atoms with Crippen LogP contribution in [0.25, 0.3) is 0 Å². The third-order valence-corrected chi connectivity index (χ3v) is 7.81. The van der Waals surface area contributed by atoms with E-state index in [0.717, 1.165) is 17.4 Å². The number of carbonyl (C=O) groups is 1. The van der Waals surface area contributed by atoms with Crippen molar-refractivity contribution in [3.63, 3.8) is 0 Å². The first-order valence-electron chi connectivity index (χ1n) is 9.02. The molecule has 2 aromatic carbocycles. The zero-order valence-electron chi connectivity index (χ0n) is 15.5. The zero-order valence-corrected chi connectivity index (χ0v) is 17.8. The van der Waals surface area contributed by atoms with Crippen LogP contribution >= 0.6 is 22.9 Å². The fourth-order valence-electron chi connectivity index (χ4n) is 3.22. The number of rotatable bonds is 5. The van der Waals surface area contributed by atoms with Crippen molar-refractivity contribution in [1.29, 1.82) is 0 Å². The number of benzene rings is 2. The van der Waals surface area contributed by atoms with Crippen LogP contribution in [0.2, 0.25) is 5.02 Å². The SMILES string of the molecule is O=C(Nc1ccc(Cl)cc1)c1nnc(C2CCCN2S(=O)(=O)c2cccc(F)c2)s1.